The SMILES string of the molecule is C=CC([O])O. The van der Waals surface area contributed by atoms with E-state index in [-0.39, 0.29) is 0 Å². The van der Waals surface area contributed by atoms with Crippen molar-refractivity contribution in [1.82, 2.24) is 0 Å². The maximum absolute atomic E-state index is 9.33. The van der Waals surface area contributed by atoms with Gasteiger partial charge in [-0.3, -0.25) is 0 Å². The Balaban J connectivity index is 2.83. The molecule has 0 aromatic rings. The predicted molar refractivity (Wildman–Crippen MR) is 16.9 cm³/mol. The van der Waals surface area contributed by atoms with Crippen molar-refractivity contribution in [2.75, 3.05) is 0 Å². The van der Waals surface area contributed by atoms with E-state index in [9.17, 15) is 5.11 Å². The number of aliphatic hydroxyl groups excluding tert-OH is 1. The Labute approximate surface area is 30.4 Å². The molecule has 0 aromatic carbocycles. The molecule has 0 rings (SSSR count). The second-order valence-electron chi connectivity index (χ2n) is 0.626. The monoisotopic (exact) mass is 73.0 g/mol. The molecule has 0 spiro atoms. The molecule has 1 N–H and O–H groups in total. The zero-order chi connectivity index (χ0) is 4.28. The van der Waals surface area contributed by atoms with Crippen LogP contribution in [0.1, 0.15) is 0 Å². The predicted octanol–water partition coefficient (Wildman–Crippen LogP) is -0.0787. The van der Waals surface area contributed by atoms with Crippen LogP contribution in [0.4, 0.5) is 0 Å². The molecule has 0 saturated heterocycles. The Kier molecular flexibility index (Phi) is 1.80. The lowest BCUT2D eigenvalue weighted by atomic mass is 10.6. The molecule has 0 aromatic heterocycles. The maximum atomic E-state index is 9.33. The van der Waals surface area contributed by atoms with Gasteiger partial charge in [0.15, 0.2) is 0 Å². The molecule has 1 radical (unpaired) electrons. The molecule has 0 heterocycles. The minimum atomic E-state index is -1.60. The van der Waals surface area contributed by atoms with E-state index in [2.05, 4.69) is 6.58 Å². The van der Waals surface area contributed by atoms with E-state index in [1.54, 1.807) is 0 Å². The van der Waals surface area contributed by atoms with Crippen molar-refractivity contribution >= 4 is 0 Å². The Bertz CT molecular complexity index is 31.9. The number of hydrogen-bond donors (Lipinski definition) is 1. The maximum Gasteiger partial charge on any atom is 0.207 e. The number of rotatable bonds is 1. The molecule has 2 nitrogen and oxygen atoms in total. The van der Waals surface area contributed by atoms with Gasteiger partial charge >= 0.3 is 0 Å². The first kappa shape index (κ1) is 4.66. The molecule has 29 valence electrons. The molecule has 1 atom stereocenters. The average molecular weight is 73.1 g/mol. The standard InChI is InChI=1S/C3H5O2/c1-2-3(4)5/h2-4H,1H2. The minimum Gasteiger partial charge on any atom is -0.363 e. The van der Waals surface area contributed by atoms with Gasteiger partial charge < -0.3 is 5.11 Å². The number of hydrogen-bond acceptors (Lipinski definition) is 1. The molecule has 5 heavy (non-hydrogen) atoms. The van der Waals surface area contributed by atoms with Crippen molar-refractivity contribution < 1.29 is 10.2 Å². The van der Waals surface area contributed by atoms with Crippen molar-refractivity contribution in [2.45, 2.75) is 6.29 Å². The van der Waals surface area contributed by atoms with E-state index in [0.717, 1.165) is 6.08 Å². The first-order valence-electron chi connectivity index (χ1n) is 1.24. The van der Waals surface area contributed by atoms with E-state index in [0.29, 0.717) is 0 Å². The van der Waals surface area contributed by atoms with Gasteiger partial charge in [0.1, 0.15) is 0 Å². The fourth-order valence-electron chi connectivity index (χ4n) is 0. The van der Waals surface area contributed by atoms with Gasteiger partial charge in [0.25, 0.3) is 0 Å². The van der Waals surface area contributed by atoms with Crippen molar-refractivity contribution in [2.24, 2.45) is 0 Å². The van der Waals surface area contributed by atoms with Crippen LogP contribution in [0.3, 0.4) is 0 Å². The fourth-order valence-corrected chi connectivity index (χ4v) is 0. The van der Waals surface area contributed by atoms with Crippen LogP contribution in [-0.2, 0) is 5.11 Å². The van der Waals surface area contributed by atoms with Crippen LogP contribution in [-0.4, -0.2) is 11.4 Å². The third-order valence-electron chi connectivity index (χ3n) is 0.202. The normalized spacial score (nSPS) is 8.60. The van der Waals surface area contributed by atoms with Crippen molar-refractivity contribution in [3.63, 3.8) is 0 Å². The highest BCUT2D eigenvalue weighted by Crippen LogP contribution is 1.69. The third-order valence-corrected chi connectivity index (χ3v) is 0.202. The molecular weight excluding hydrogens is 68.0 g/mol. The summed E-state index contributed by atoms with van der Waals surface area (Å²) in [6.45, 7) is 3.00. The van der Waals surface area contributed by atoms with Crippen LogP contribution < -0.4 is 0 Å². The van der Waals surface area contributed by atoms with E-state index < -0.39 is 6.29 Å². The second kappa shape index (κ2) is 1.93. The zero-order valence-electron chi connectivity index (χ0n) is 2.72. The van der Waals surface area contributed by atoms with Crippen molar-refractivity contribution in [1.29, 1.82) is 0 Å². The van der Waals surface area contributed by atoms with Crippen LogP contribution in [0, 0.1) is 0 Å². The van der Waals surface area contributed by atoms with Crippen LogP contribution in [0.2, 0.25) is 0 Å². The summed E-state index contributed by atoms with van der Waals surface area (Å²) in [5, 5.41) is 17.0. The smallest absolute Gasteiger partial charge is 0.207 e. The molecule has 0 amide bonds. The molecule has 0 fully saturated rings. The summed E-state index contributed by atoms with van der Waals surface area (Å²) in [6, 6.07) is 0. The summed E-state index contributed by atoms with van der Waals surface area (Å²) in [4.78, 5) is 0. The van der Waals surface area contributed by atoms with E-state index in [4.69, 9.17) is 5.11 Å². The number of aliphatic hydroxyl groups is 1. The molecule has 0 aliphatic carbocycles. The lowest BCUT2D eigenvalue weighted by Crippen LogP contribution is -1.92. The first-order valence-corrected chi connectivity index (χ1v) is 1.24. The highest BCUT2D eigenvalue weighted by atomic mass is 16.5. The molecule has 0 saturated carbocycles. The van der Waals surface area contributed by atoms with Crippen LogP contribution in [0.25, 0.3) is 0 Å². The summed E-state index contributed by atoms with van der Waals surface area (Å²) >= 11 is 0. The largest absolute Gasteiger partial charge is 0.363 e. The summed E-state index contributed by atoms with van der Waals surface area (Å²) in [5.74, 6) is 0. The van der Waals surface area contributed by atoms with Crippen molar-refractivity contribution in [3.8, 4) is 0 Å². The fraction of sp³-hybridized carbons (Fsp3) is 0.333. The van der Waals surface area contributed by atoms with Crippen molar-refractivity contribution in [3.05, 3.63) is 12.7 Å². The van der Waals surface area contributed by atoms with Crippen LogP contribution >= 0.6 is 0 Å². The van der Waals surface area contributed by atoms with Gasteiger partial charge in [0.2, 0.25) is 6.29 Å². The van der Waals surface area contributed by atoms with Gasteiger partial charge in [-0.15, -0.1) is 0 Å². The Hall–Kier alpha value is -0.340. The average Bonchev–Trinajstić information content (AvgIpc) is 1.38. The van der Waals surface area contributed by atoms with Crippen LogP contribution in [0.15, 0.2) is 12.7 Å². The Morgan fingerprint density at radius 1 is 2.00 bits per heavy atom. The molecule has 0 bridgehead atoms. The highest BCUT2D eigenvalue weighted by molar-refractivity contribution is 4.66. The molecule has 1 unspecified atom stereocenters. The molecule has 0 aliphatic heterocycles. The topological polar surface area (TPSA) is 40.1 Å². The lowest BCUT2D eigenvalue weighted by Gasteiger charge is -1.80. The van der Waals surface area contributed by atoms with E-state index in [1.807, 2.05) is 0 Å². The second-order valence-corrected chi connectivity index (χ2v) is 0.626. The third kappa shape index (κ3) is 3.66. The van der Waals surface area contributed by atoms with Gasteiger partial charge in [-0.2, -0.15) is 5.11 Å². The lowest BCUT2D eigenvalue weighted by molar-refractivity contribution is -0.0521. The quantitative estimate of drug-likeness (QED) is 0.342. The Morgan fingerprint density at radius 3 is 2.20 bits per heavy atom. The van der Waals surface area contributed by atoms with Gasteiger partial charge in [0.05, 0.1) is 0 Å². The summed E-state index contributed by atoms with van der Waals surface area (Å²) in [5.41, 5.74) is 0. The Morgan fingerprint density at radius 2 is 2.20 bits per heavy atom. The first-order chi connectivity index (χ1) is 2.27. The molecule has 2 heteroatoms. The summed E-state index contributed by atoms with van der Waals surface area (Å²) in [6.07, 6.45) is -0.685. The van der Waals surface area contributed by atoms with Gasteiger partial charge in [-0.1, -0.05) is 6.58 Å². The van der Waals surface area contributed by atoms with Crippen LogP contribution in [0.5, 0.6) is 0 Å². The molecular formula is C3H5O2. The highest BCUT2D eigenvalue weighted by Gasteiger charge is 1.81. The summed E-state index contributed by atoms with van der Waals surface area (Å²) in [7, 11) is 0. The minimum absolute atomic E-state index is 0.917. The summed E-state index contributed by atoms with van der Waals surface area (Å²) < 4.78 is 0. The van der Waals surface area contributed by atoms with Gasteiger partial charge in [0, 0.05) is 0 Å². The van der Waals surface area contributed by atoms with E-state index in [1.165, 1.54) is 0 Å². The molecule has 0 aliphatic rings. The van der Waals surface area contributed by atoms with Gasteiger partial charge in [-0.05, 0) is 6.08 Å². The van der Waals surface area contributed by atoms with Gasteiger partial charge in [-0.25, -0.2) is 0 Å². The zero-order valence-corrected chi connectivity index (χ0v) is 2.72. The van der Waals surface area contributed by atoms with E-state index >= 15 is 0 Å².